The second-order valence-electron chi connectivity index (χ2n) is 13.6. The number of ketones is 1. The number of amides is 2. The van der Waals surface area contributed by atoms with E-state index in [4.69, 9.17) is 19.9 Å². The van der Waals surface area contributed by atoms with Crippen LogP contribution in [0.25, 0.3) is 22.1 Å². The molecule has 2 unspecified atom stereocenters. The smallest absolute Gasteiger partial charge is 0.748 e. The predicted octanol–water partition coefficient (Wildman–Crippen LogP) is 1.48. The zero-order valence-corrected chi connectivity index (χ0v) is 34.9. The van der Waals surface area contributed by atoms with Crippen LogP contribution < -0.4 is 45.0 Å². The molecule has 0 radical (unpaired) electrons. The summed E-state index contributed by atoms with van der Waals surface area (Å²) in [7, 11) is -4.53. The van der Waals surface area contributed by atoms with Gasteiger partial charge in [0.15, 0.2) is 5.78 Å². The van der Waals surface area contributed by atoms with Gasteiger partial charge in [-0.3, -0.25) is 29.1 Å². The molecule has 0 saturated carbocycles. The zero-order chi connectivity index (χ0) is 37.1. The molecule has 3 aliphatic heterocycles. The first-order chi connectivity index (χ1) is 24.0. The molecular weight excluding hydrogens is 806 g/mol. The average molecular weight is 845 g/mol. The standard InChI is InChI=1S/C36H42N6O8S.Na.Pd/c1-7-21-16(2)23-15-28-30(20(6)43)18(4)25(39-28)13-24-17(3)22(9-10-29(44)45)33(40-24)32-34-31(19(5)26(41-34)14-27(21)38-23)35(46)42(36(32)47)37-11-8-12-51(48,49)50;;/h13-17,21-22,37H,7-12H2,1-6H3,(H4,38,39,40,41,43,44,45,46,47,48,49,50);;/q;+1;+2/p-3/t16?,17?,21-,22+;;/m1../s1. The minimum Gasteiger partial charge on any atom is -0.748 e. The van der Waals surface area contributed by atoms with Crippen molar-refractivity contribution in [2.24, 2.45) is 0 Å². The number of Topliss-reactive ketones (excluding diaryl/α,β-unsaturated/α-hetero) is 1. The molecule has 6 rings (SSSR count). The summed E-state index contributed by atoms with van der Waals surface area (Å²) in [5.74, 6) is -4.39. The van der Waals surface area contributed by atoms with E-state index in [2.05, 4.69) is 12.3 Å². The normalized spacial score (nSPS) is 19.5. The van der Waals surface area contributed by atoms with Crippen LogP contribution in [-0.4, -0.2) is 68.9 Å². The molecule has 0 aromatic carbocycles. The number of carbonyl (C=O) groups is 4. The molecule has 14 nitrogen and oxygen atoms in total. The summed E-state index contributed by atoms with van der Waals surface area (Å²) in [5, 5.41) is 10.5. The maximum absolute atomic E-state index is 14.4. The third kappa shape index (κ3) is 8.02. The van der Waals surface area contributed by atoms with E-state index in [0.29, 0.717) is 38.9 Å². The number of hydrogen-bond donors (Lipinski definition) is 2. The van der Waals surface area contributed by atoms with Crippen LogP contribution in [0.4, 0.5) is 0 Å². The summed E-state index contributed by atoms with van der Waals surface area (Å²) in [5.41, 5.74) is 8.25. The Labute approximate surface area is 343 Å². The second kappa shape index (κ2) is 16.3. The summed E-state index contributed by atoms with van der Waals surface area (Å²) >= 11 is 0. The minimum absolute atomic E-state index is 0. The van der Waals surface area contributed by atoms with Crippen LogP contribution in [0.2, 0.25) is 0 Å². The first-order valence-electron chi connectivity index (χ1n) is 17.0. The maximum Gasteiger partial charge on any atom is 2.00 e. The second-order valence-corrected chi connectivity index (χ2v) is 15.1. The maximum atomic E-state index is 14.4. The first-order valence-corrected chi connectivity index (χ1v) is 18.6. The molecule has 0 fully saturated rings. The van der Waals surface area contributed by atoms with E-state index in [9.17, 15) is 37.3 Å². The number of fused-ring (bicyclic) bond motifs is 8. The molecule has 3 aliphatic rings. The van der Waals surface area contributed by atoms with Crippen molar-refractivity contribution in [3.63, 3.8) is 0 Å². The number of carboxylic acid groups (broad SMARTS) is 1. The number of nitrogens with one attached hydrogen (secondary N) is 1. The first kappa shape index (κ1) is 42.7. The van der Waals surface area contributed by atoms with E-state index in [1.54, 1.807) is 13.0 Å². The summed E-state index contributed by atoms with van der Waals surface area (Å²) in [6.07, 6.45) is 0.486. The van der Waals surface area contributed by atoms with Crippen molar-refractivity contribution in [3.05, 3.63) is 68.8 Å². The minimum atomic E-state index is -4.53. The van der Waals surface area contributed by atoms with Crippen molar-refractivity contribution in [3.8, 4) is 0 Å². The van der Waals surface area contributed by atoms with Gasteiger partial charge in [-0.15, -0.1) is 22.1 Å². The summed E-state index contributed by atoms with van der Waals surface area (Å²) in [6, 6.07) is 5.41. The molecule has 278 valence electrons. The fourth-order valence-electron chi connectivity index (χ4n) is 7.58. The number of aryl methyl sites for hydroxylation is 2. The molecule has 8 bridgehead atoms. The molecule has 0 spiro atoms. The molecule has 3 aromatic heterocycles. The van der Waals surface area contributed by atoms with Gasteiger partial charge in [0.25, 0.3) is 11.8 Å². The van der Waals surface area contributed by atoms with Gasteiger partial charge in [-0.2, -0.15) is 0 Å². The molecule has 4 atom stereocenters. The summed E-state index contributed by atoms with van der Waals surface area (Å²) in [4.78, 5) is 72.9. The van der Waals surface area contributed by atoms with Crippen LogP contribution in [-0.2, 0) is 35.3 Å². The average Bonchev–Trinajstić information content (AvgIpc) is 3.72. The van der Waals surface area contributed by atoms with E-state index in [0.717, 1.165) is 22.8 Å². The molecule has 2 amide bonds. The third-order valence-corrected chi connectivity index (χ3v) is 11.1. The van der Waals surface area contributed by atoms with E-state index in [-0.39, 0.29) is 116 Å². The Bertz CT molecular complexity index is 2290. The zero-order valence-electron chi connectivity index (χ0n) is 30.5. The molecule has 3 aromatic rings. The van der Waals surface area contributed by atoms with Crippen molar-refractivity contribution >= 4 is 55.8 Å². The Morgan fingerprint density at radius 1 is 0.925 bits per heavy atom. The van der Waals surface area contributed by atoms with Crippen LogP contribution in [0, 0.1) is 13.8 Å². The van der Waals surface area contributed by atoms with Gasteiger partial charge in [-0.05, 0) is 40.0 Å². The van der Waals surface area contributed by atoms with Gasteiger partial charge in [0.2, 0.25) is 0 Å². The van der Waals surface area contributed by atoms with Crippen molar-refractivity contribution in [1.29, 1.82) is 0 Å². The van der Waals surface area contributed by atoms with E-state index >= 15 is 0 Å². The van der Waals surface area contributed by atoms with Crippen molar-refractivity contribution in [2.45, 2.75) is 90.9 Å². The molecule has 0 aliphatic carbocycles. The number of rotatable bonds is 10. The number of aromatic nitrogens is 4. The van der Waals surface area contributed by atoms with E-state index < -0.39 is 45.5 Å². The molecule has 6 heterocycles. The Balaban J connectivity index is 0.00000314. The number of hydrazine groups is 1. The van der Waals surface area contributed by atoms with Crippen LogP contribution in [0.3, 0.4) is 0 Å². The molecule has 2 N–H and O–H groups in total. The summed E-state index contributed by atoms with van der Waals surface area (Å²) in [6.45, 7) is 10.8. The number of hydrogen-bond acceptors (Lipinski definition) is 10. The van der Waals surface area contributed by atoms with Gasteiger partial charge in [-0.25, -0.2) is 18.9 Å². The van der Waals surface area contributed by atoms with Gasteiger partial charge < -0.3 is 19.6 Å². The largest absolute Gasteiger partial charge is 2.00 e. The Morgan fingerprint density at radius 3 is 2.13 bits per heavy atom. The van der Waals surface area contributed by atoms with Crippen LogP contribution in [0.15, 0.2) is 18.2 Å². The monoisotopic (exact) mass is 844 g/mol. The fraction of sp³-hybridized carbons (Fsp3) is 0.444. The van der Waals surface area contributed by atoms with Crippen molar-refractivity contribution < 1.29 is 87.2 Å². The van der Waals surface area contributed by atoms with Gasteiger partial charge >= 0.3 is 55.9 Å². The number of aliphatic carboxylic acids is 1. The van der Waals surface area contributed by atoms with Crippen LogP contribution in [0.1, 0.15) is 142 Å². The van der Waals surface area contributed by atoms with Gasteiger partial charge in [0.1, 0.15) is 0 Å². The van der Waals surface area contributed by atoms with Gasteiger partial charge in [0.05, 0.1) is 15.8 Å². The fourth-order valence-corrected chi connectivity index (χ4v) is 8.08. The Morgan fingerprint density at radius 2 is 1.51 bits per heavy atom. The quantitative estimate of drug-likeness (QED) is 0.0974. The SMILES string of the molecule is CC[C@H]1c2cc3[n-]c4c(c5nc(cc6[n-]c(cc(n2)C1C)c(C(C)=O)c6C)C(C)[C@@H]5CCC(=O)O)C(=O)N(NCCCS(=O)(=O)[O-])C(=O)c4c3C.[Na+].[Pd+2]. The Kier molecular flexibility index (Phi) is 13.2. The van der Waals surface area contributed by atoms with Gasteiger partial charge in [-0.1, -0.05) is 50.1 Å². The number of nitrogens with zero attached hydrogens (tertiary/aromatic N) is 5. The number of imide groups is 1. The molecular formula is C36H39N6NaO8PdS. The van der Waals surface area contributed by atoms with E-state index in [1.807, 2.05) is 32.9 Å². The van der Waals surface area contributed by atoms with Gasteiger partial charge in [0, 0.05) is 76.2 Å². The molecule has 0 saturated heterocycles. The van der Waals surface area contributed by atoms with E-state index in [1.165, 1.54) is 6.92 Å². The molecule has 17 heteroatoms. The Hall–Kier alpha value is -3.07. The molecule has 53 heavy (non-hydrogen) atoms. The van der Waals surface area contributed by atoms with Crippen molar-refractivity contribution in [2.75, 3.05) is 12.3 Å². The van der Waals surface area contributed by atoms with Crippen LogP contribution >= 0.6 is 0 Å². The van der Waals surface area contributed by atoms with Crippen molar-refractivity contribution in [1.82, 2.24) is 30.4 Å². The third-order valence-electron chi connectivity index (χ3n) is 10.3. The number of carboxylic acids is 1. The predicted molar refractivity (Wildman–Crippen MR) is 186 cm³/mol. The topological polar surface area (TPSA) is 215 Å². The number of carbonyl (C=O) groups excluding carboxylic acids is 3. The summed E-state index contributed by atoms with van der Waals surface area (Å²) < 4.78 is 33.7. The van der Waals surface area contributed by atoms with Crippen LogP contribution in [0.5, 0.6) is 0 Å².